The van der Waals surface area contributed by atoms with E-state index in [0.29, 0.717) is 5.69 Å². The number of aromatic nitrogens is 2. The van der Waals surface area contributed by atoms with Crippen molar-refractivity contribution in [3.8, 4) is 0 Å². The Bertz CT molecular complexity index is 225. The van der Waals surface area contributed by atoms with Gasteiger partial charge in [-0.05, 0) is 0 Å². The number of aliphatic imine (C=N–C) groups is 1. The summed E-state index contributed by atoms with van der Waals surface area (Å²) in [5.74, 6) is 0.00907. The third-order valence-corrected chi connectivity index (χ3v) is 0.805. The summed E-state index contributed by atoms with van der Waals surface area (Å²) < 4.78 is 0. The van der Waals surface area contributed by atoms with Crippen LogP contribution in [-0.4, -0.2) is 15.9 Å². The molecule has 0 aliphatic carbocycles. The van der Waals surface area contributed by atoms with E-state index < -0.39 is 0 Å². The Morgan fingerprint density at radius 1 is 1.30 bits per heavy atom. The van der Waals surface area contributed by atoms with E-state index in [1.807, 2.05) is 0 Å². The van der Waals surface area contributed by atoms with E-state index in [0.717, 1.165) is 0 Å². The molecule has 0 atom stereocenters. The van der Waals surface area contributed by atoms with Crippen LogP contribution in [-0.2, 0) is 0 Å². The van der Waals surface area contributed by atoms with Gasteiger partial charge in [0.15, 0.2) is 5.96 Å². The summed E-state index contributed by atoms with van der Waals surface area (Å²) in [6, 6.07) is 0. The van der Waals surface area contributed by atoms with Crippen LogP contribution in [0, 0.1) is 0 Å². The maximum atomic E-state index is 5.10. The predicted molar refractivity (Wildman–Crippen MR) is 37.5 cm³/mol. The highest BCUT2D eigenvalue weighted by atomic mass is 15.0. The molecule has 52 valence electrons. The topological polar surface area (TPSA) is 90.2 Å². The lowest BCUT2D eigenvalue weighted by molar-refractivity contribution is 1.15. The zero-order valence-corrected chi connectivity index (χ0v) is 5.23. The van der Waals surface area contributed by atoms with Crippen molar-refractivity contribution < 1.29 is 0 Å². The van der Waals surface area contributed by atoms with E-state index in [2.05, 4.69) is 15.0 Å². The summed E-state index contributed by atoms with van der Waals surface area (Å²) in [5.41, 5.74) is 10.8. The van der Waals surface area contributed by atoms with Crippen LogP contribution in [0.5, 0.6) is 0 Å². The Labute approximate surface area is 57.8 Å². The minimum atomic E-state index is 0.00907. The number of hydrogen-bond acceptors (Lipinski definition) is 3. The van der Waals surface area contributed by atoms with Gasteiger partial charge >= 0.3 is 0 Å². The zero-order valence-electron chi connectivity index (χ0n) is 5.23. The van der Waals surface area contributed by atoms with Gasteiger partial charge in [0.05, 0.1) is 12.4 Å². The van der Waals surface area contributed by atoms with Crippen LogP contribution >= 0.6 is 0 Å². The SMILES string of the molecule is NC(N)=Nc1cncnc1. The minimum absolute atomic E-state index is 0.00907. The lowest BCUT2D eigenvalue weighted by atomic mass is 10.6. The van der Waals surface area contributed by atoms with Crippen molar-refractivity contribution >= 4 is 11.6 Å². The van der Waals surface area contributed by atoms with E-state index in [1.165, 1.54) is 18.7 Å². The summed E-state index contributed by atoms with van der Waals surface area (Å²) in [5, 5.41) is 0. The van der Waals surface area contributed by atoms with Crippen molar-refractivity contribution in [2.75, 3.05) is 0 Å². The van der Waals surface area contributed by atoms with Crippen molar-refractivity contribution in [3.05, 3.63) is 18.7 Å². The molecule has 0 unspecified atom stereocenters. The molecular weight excluding hydrogens is 130 g/mol. The van der Waals surface area contributed by atoms with Gasteiger partial charge in [0.2, 0.25) is 0 Å². The standard InChI is InChI=1S/C5H7N5/c6-5(7)10-4-1-8-3-9-2-4/h1-3H,(H4,6,7,10). The van der Waals surface area contributed by atoms with Gasteiger partial charge in [0.1, 0.15) is 12.0 Å². The largest absolute Gasteiger partial charge is 0.370 e. The predicted octanol–water partition coefficient (Wildman–Crippen LogP) is -0.619. The monoisotopic (exact) mass is 137 g/mol. The van der Waals surface area contributed by atoms with Crippen LogP contribution in [0.2, 0.25) is 0 Å². The molecule has 0 fully saturated rings. The van der Waals surface area contributed by atoms with Gasteiger partial charge in [-0.3, -0.25) is 0 Å². The molecule has 1 aromatic rings. The first kappa shape index (κ1) is 6.47. The molecule has 1 rings (SSSR count). The van der Waals surface area contributed by atoms with Crippen molar-refractivity contribution in [1.82, 2.24) is 9.97 Å². The highest BCUT2D eigenvalue weighted by Crippen LogP contribution is 2.03. The molecule has 0 aliphatic heterocycles. The number of hydrogen-bond donors (Lipinski definition) is 2. The molecule has 0 radical (unpaired) electrons. The lowest BCUT2D eigenvalue weighted by Crippen LogP contribution is -2.21. The van der Waals surface area contributed by atoms with Gasteiger partial charge in [-0.15, -0.1) is 0 Å². The van der Waals surface area contributed by atoms with E-state index in [-0.39, 0.29) is 5.96 Å². The Kier molecular flexibility index (Phi) is 1.79. The average Bonchev–Trinajstić information content (AvgIpc) is 1.88. The average molecular weight is 137 g/mol. The van der Waals surface area contributed by atoms with E-state index in [4.69, 9.17) is 11.5 Å². The Hall–Kier alpha value is -1.65. The quantitative estimate of drug-likeness (QED) is 0.398. The maximum Gasteiger partial charge on any atom is 0.191 e. The van der Waals surface area contributed by atoms with Crippen molar-refractivity contribution in [1.29, 1.82) is 0 Å². The summed E-state index contributed by atoms with van der Waals surface area (Å²) >= 11 is 0. The smallest absolute Gasteiger partial charge is 0.191 e. The summed E-state index contributed by atoms with van der Waals surface area (Å²) in [4.78, 5) is 11.1. The Balaban J connectivity index is 2.87. The van der Waals surface area contributed by atoms with Crippen LogP contribution in [0.1, 0.15) is 0 Å². The van der Waals surface area contributed by atoms with Gasteiger partial charge in [-0.25, -0.2) is 15.0 Å². The molecule has 10 heavy (non-hydrogen) atoms. The fourth-order valence-electron chi connectivity index (χ4n) is 0.498. The van der Waals surface area contributed by atoms with Crippen LogP contribution in [0.4, 0.5) is 5.69 Å². The minimum Gasteiger partial charge on any atom is -0.370 e. The van der Waals surface area contributed by atoms with Crippen molar-refractivity contribution in [2.45, 2.75) is 0 Å². The zero-order chi connectivity index (χ0) is 7.40. The van der Waals surface area contributed by atoms with Crippen molar-refractivity contribution in [3.63, 3.8) is 0 Å². The van der Waals surface area contributed by atoms with Crippen LogP contribution in [0.25, 0.3) is 0 Å². The van der Waals surface area contributed by atoms with Gasteiger partial charge in [-0.2, -0.15) is 0 Å². The van der Waals surface area contributed by atoms with E-state index in [9.17, 15) is 0 Å². The molecule has 0 saturated heterocycles. The highest BCUT2D eigenvalue weighted by molar-refractivity contribution is 5.78. The molecule has 0 aromatic carbocycles. The molecule has 0 bridgehead atoms. The fourth-order valence-corrected chi connectivity index (χ4v) is 0.498. The first-order valence-electron chi connectivity index (χ1n) is 2.63. The number of rotatable bonds is 1. The van der Waals surface area contributed by atoms with E-state index >= 15 is 0 Å². The summed E-state index contributed by atoms with van der Waals surface area (Å²) in [7, 11) is 0. The summed E-state index contributed by atoms with van der Waals surface area (Å²) in [6.45, 7) is 0. The second kappa shape index (κ2) is 2.77. The number of nitrogens with two attached hydrogens (primary N) is 2. The first-order valence-corrected chi connectivity index (χ1v) is 2.63. The van der Waals surface area contributed by atoms with Crippen LogP contribution in [0.15, 0.2) is 23.7 Å². The second-order valence-electron chi connectivity index (χ2n) is 1.63. The van der Waals surface area contributed by atoms with Crippen LogP contribution < -0.4 is 11.5 Å². The van der Waals surface area contributed by atoms with Gasteiger partial charge in [0, 0.05) is 0 Å². The molecule has 4 N–H and O–H groups in total. The fraction of sp³-hybridized carbons (Fsp3) is 0. The third-order valence-electron chi connectivity index (χ3n) is 0.805. The second-order valence-corrected chi connectivity index (χ2v) is 1.63. The summed E-state index contributed by atoms with van der Waals surface area (Å²) in [6.07, 6.45) is 4.45. The molecule has 1 aromatic heterocycles. The maximum absolute atomic E-state index is 5.10. The Morgan fingerprint density at radius 3 is 2.40 bits per heavy atom. The molecule has 1 heterocycles. The highest BCUT2D eigenvalue weighted by Gasteiger charge is 1.86. The van der Waals surface area contributed by atoms with E-state index in [1.54, 1.807) is 0 Å². The molecular formula is C5H7N5. The Morgan fingerprint density at radius 2 is 1.90 bits per heavy atom. The number of nitrogens with zero attached hydrogens (tertiary/aromatic N) is 3. The van der Waals surface area contributed by atoms with Gasteiger partial charge in [0.25, 0.3) is 0 Å². The van der Waals surface area contributed by atoms with Gasteiger partial charge < -0.3 is 11.5 Å². The lowest BCUT2D eigenvalue weighted by Gasteiger charge is -1.90. The molecule has 0 spiro atoms. The molecule has 0 saturated carbocycles. The molecule has 0 aliphatic rings. The van der Waals surface area contributed by atoms with Crippen molar-refractivity contribution in [2.24, 2.45) is 16.5 Å². The number of guanidine groups is 1. The first-order chi connectivity index (χ1) is 4.79. The van der Waals surface area contributed by atoms with Crippen LogP contribution in [0.3, 0.4) is 0 Å². The molecule has 0 amide bonds. The molecule has 5 nitrogen and oxygen atoms in total. The normalized spacial score (nSPS) is 8.80. The molecule has 5 heteroatoms. The van der Waals surface area contributed by atoms with Gasteiger partial charge in [-0.1, -0.05) is 0 Å². The third kappa shape index (κ3) is 1.70.